The summed E-state index contributed by atoms with van der Waals surface area (Å²) in [6.07, 6.45) is 1.13. The molecule has 6 nitrogen and oxygen atoms in total. The van der Waals surface area contributed by atoms with Crippen molar-refractivity contribution in [1.29, 1.82) is 0 Å². The maximum Gasteiger partial charge on any atom is 0.234 e. The Morgan fingerprint density at radius 3 is 2.95 bits per heavy atom. The Kier molecular flexibility index (Phi) is 11.2. The van der Waals surface area contributed by atoms with Crippen LogP contribution in [0.15, 0.2) is 0 Å². The average Bonchev–Trinajstić information content (AvgIpc) is 2.85. The van der Waals surface area contributed by atoms with Gasteiger partial charge in [0.15, 0.2) is 0 Å². The van der Waals surface area contributed by atoms with E-state index in [9.17, 15) is 4.79 Å². The summed E-state index contributed by atoms with van der Waals surface area (Å²) in [7, 11) is 1.63. The fourth-order valence-corrected chi connectivity index (χ4v) is 1.67. The van der Waals surface area contributed by atoms with E-state index in [-0.39, 0.29) is 30.5 Å². The smallest absolute Gasteiger partial charge is 0.234 e. The summed E-state index contributed by atoms with van der Waals surface area (Å²) in [5, 5.41) is 5.86. The molecule has 0 saturated carbocycles. The molecule has 1 fully saturated rings. The quantitative estimate of drug-likeness (QED) is 0.584. The van der Waals surface area contributed by atoms with Crippen molar-refractivity contribution in [3.8, 4) is 0 Å². The minimum absolute atomic E-state index is 0. The fourth-order valence-electron chi connectivity index (χ4n) is 1.67. The van der Waals surface area contributed by atoms with Gasteiger partial charge >= 0.3 is 0 Å². The van der Waals surface area contributed by atoms with Crippen LogP contribution in [0.2, 0.25) is 0 Å². The molecule has 114 valence electrons. The third-order valence-electron chi connectivity index (χ3n) is 2.65. The summed E-state index contributed by atoms with van der Waals surface area (Å²) in [6.45, 7) is 5.48. The van der Waals surface area contributed by atoms with Crippen LogP contribution in [-0.4, -0.2) is 64.7 Å². The zero-order chi connectivity index (χ0) is 13.2. The van der Waals surface area contributed by atoms with Crippen LogP contribution in [0.4, 0.5) is 0 Å². The van der Waals surface area contributed by atoms with Gasteiger partial charge in [0.05, 0.1) is 32.5 Å². The van der Waals surface area contributed by atoms with Gasteiger partial charge in [0, 0.05) is 26.3 Å². The van der Waals surface area contributed by atoms with Gasteiger partial charge in [-0.05, 0) is 13.3 Å². The molecular formula is C12H25ClN2O4. The third-order valence-corrected chi connectivity index (χ3v) is 2.65. The van der Waals surface area contributed by atoms with Gasteiger partial charge in [-0.1, -0.05) is 0 Å². The second-order valence-electron chi connectivity index (χ2n) is 4.46. The first-order chi connectivity index (χ1) is 8.72. The Morgan fingerprint density at radius 1 is 1.53 bits per heavy atom. The standard InChI is InChI=1S/C12H24N2O4.ClH/c1-10(8-18-11-3-5-17-9-11)14-12(15)7-13-4-6-16-2;/h10-11,13H,3-9H2,1-2H3,(H,14,15);1H. The van der Waals surface area contributed by atoms with Crippen LogP contribution in [0, 0.1) is 0 Å². The summed E-state index contributed by atoms with van der Waals surface area (Å²) >= 11 is 0. The highest BCUT2D eigenvalue weighted by Crippen LogP contribution is 2.08. The van der Waals surface area contributed by atoms with Crippen LogP contribution >= 0.6 is 12.4 Å². The van der Waals surface area contributed by atoms with E-state index < -0.39 is 0 Å². The van der Waals surface area contributed by atoms with E-state index in [0.29, 0.717) is 32.9 Å². The number of ether oxygens (including phenoxy) is 3. The second-order valence-corrected chi connectivity index (χ2v) is 4.46. The normalized spacial score (nSPS) is 19.8. The van der Waals surface area contributed by atoms with E-state index in [2.05, 4.69) is 10.6 Å². The van der Waals surface area contributed by atoms with Crippen LogP contribution < -0.4 is 10.6 Å². The summed E-state index contributed by atoms with van der Waals surface area (Å²) in [6, 6.07) is 0.0160. The molecule has 19 heavy (non-hydrogen) atoms. The molecule has 0 radical (unpaired) electrons. The zero-order valence-corrected chi connectivity index (χ0v) is 12.5. The molecule has 0 aromatic heterocycles. The van der Waals surface area contributed by atoms with E-state index in [1.165, 1.54) is 0 Å². The molecule has 2 N–H and O–H groups in total. The van der Waals surface area contributed by atoms with E-state index in [0.717, 1.165) is 13.0 Å². The van der Waals surface area contributed by atoms with Crippen LogP contribution in [-0.2, 0) is 19.0 Å². The number of amides is 1. The molecule has 0 aromatic rings. The molecule has 0 aromatic carbocycles. The summed E-state index contributed by atoms with van der Waals surface area (Å²) in [5.41, 5.74) is 0. The predicted molar refractivity (Wildman–Crippen MR) is 74.8 cm³/mol. The highest BCUT2D eigenvalue weighted by atomic mass is 35.5. The number of carbonyl (C=O) groups is 1. The molecular weight excluding hydrogens is 272 g/mol. The topological polar surface area (TPSA) is 68.8 Å². The molecule has 0 spiro atoms. The first-order valence-corrected chi connectivity index (χ1v) is 6.40. The fraction of sp³-hybridized carbons (Fsp3) is 0.917. The predicted octanol–water partition coefficient (Wildman–Crippen LogP) is -0.0456. The molecule has 2 atom stereocenters. The maximum atomic E-state index is 11.5. The Bertz CT molecular complexity index is 238. The van der Waals surface area contributed by atoms with Gasteiger partial charge in [-0.15, -0.1) is 12.4 Å². The van der Waals surface area contributed by atoms with Gasteiger partial charge in [0.25, 0.3) is 0 Å². The minimum Gasteiger partial charge on any atom is -0.383 e. The number of carbonyl (C=O) groups excluding carboxylic acids is 1. The summed E-state index contributed by atoms with van der Waals surface area (Å²) < 4.78 is 15.7. The van der Waals surface area contributed by atoms with Gasteiger partial charge in [-0.3, -0.25) is 4.79 Å². The molecule has 1 aliphatic rings. The largest absolute Gasteiger partial charge is 0.383 e. The number of halogens is 1. The van der Waals surface area contributed by atoms with Crippen molar-refractivity contribution in [2.24, 2.45) is 0 Å². The molecule has 2 unspecified atom stereocenters. The van der Waals surface area contributed by atoms with Crippen molar-refractivity contribution in [3.63, 3.8) is 0 Å². The molecule has 1 amide bonds. The number of methoxy groups -OCH3 is 1. The van der Waals surface area contributed by atoms with Crippen molar-refractivity contribution in [2.75, 3.05) is 46.6 Å². The molecule has 0 aliphatic carbocycles. The lowest BCUT2D eigenvalue weighted by Gasteiger charge is -2.17. The van der Waals surface area contributed by atoms with E-state index in [4.69, 9.17) is 14.2 Å². The maximum absolute atomic E-state index is 11.5. The number of hydrogen-bond donors (Lipinski definition) is 2. The second kappa shape index (κ2) is 11.4. The highest BCUT2D eigenvalue weighted by molar-refractivity contribution is 5.85. The van der Waals surface area contributed by atoms with E-state index >= 15 is 0 Å². The van der Waals surface area contributed by atoms with Crippen molar-refractivity contribution in [2.45, 2.75) is 25.5 Å². The Morgan fingerprint density at radius 2 is 2.32 bits per heavy atom. The summed E-state index contributed by atoms with van der Waals surface area (Å²) in [4.78, 5) is 11.5. The van der Waals surface area contributed by atoms with Crippen LogP contribution in [0.5, 0.6) is 0 Å². The zero-order valence-electron chi connectivity index (χ0n) is 11.6. The van der Waals surface area contributed by atoms with Gasteiger partial charge in [0.2, 0.25) is 5.91 Å². The monoisotopic (exact) mass is 296 g/mol. The summed E-state index contributed by atoms with van der Waals surface area (Å²) in [5.74, 6) is -0.0233. The van der Waals surface area contributed by atoms with Crippen LogP contribution in [0.1, 0.15) is 13.3 Å². The van der Waals surface area contributed by atoms with Crippen molar-refractivity contribution >= 4 is 18.3 Å². The first-order valence-electron chi connectivity index (χ1n) is 6.40. The molecule has 7 heteroatoms. The van der Waals surface area contributed by atoms with Crippen LogP contribution in [0.3, 0.4) is 0 Å². The SMILES string of the molecule is COCCNCC(=O)NC(C)COC1CCOC1.Cl. The lowest BCUT2D eigenvalue weighted by molar-refractivity contribution is -0.121. The Labute approximate surface area is 121 Å². The van der Waals surface area contributed by atoms with Crippen molar-refractivity contribution < 1.29 is 19.0 Å². The molecule has 1 rings (SSSR count). The Balaban J connectivity index is 0.00000324. The molecule has 1 heterocycles. The lowest BCUT2D eigenvalue weighted by atomic mass is 10.3. The Hall–Kier alpha value is -0.400. The average molecular weight is 297 g/mol. The van der Waals surface area contributed by atoms with Gasteiger partial charge < -0.3 is 24.8 Å². The van der Waals surface area contributed by atoms with Gasteiger partial charge in [-0.2, -0.15) is 0 Å². The van der Waals surface area contributed by atoms with Crippen LogP contribution in [0.25, 0.3) is 0 Å². The lowest BCUT2D eigenvalue weighted by Crippen LogP contribution is -2.42. The highest BCUT2D eigenvalue weighted by Gasteiger charge is 2.17. The van der Waals surface area contributed by atoms with E-state index in [1.54, 1.807) is 7.11 Å². The third kappa shape index (κ3) is 9.18. The molecule has 1 aliphatic heterocycles. The van der Waals surface area contributed by atoms with Gasteiger partial charge in [0.1, 0.15) is 0 Å². The number of hydrogen-bond acceptors (Lipinski definition) is 5. The minimum atomic E-state index is -0.0233. The number of nitrogens with one attached hydrogen (secondary N) is 2. The molecule has 1 saturated heterocycles. The van der Waals surface area contributed by atoms with Crippen molar-refractivity contribution in [1.82, 2.24) is 10.6 Å². The molecule has 0 bridgehead atoms. The van der Waals surface area contributed by atoms with E-state index in [1.807, 2.05) is 6.92 Å². The van der Waals surface area contributed by atoms with Crippen molar-refractivity contribution in [3.05, 3.63) is 0 Å². The first kappa shape index (κ1) is 18.6. The number of rotatable bonds is 9. The van der Waals surface area contributed by atoms with Gasteiger partial charge in [-0.25, -0.2) is 0 Å².